The standard InChI is InChI=1S/C19H25N3O3S/c1-13-4-5-17(25-3)16(10-13)18(19(23)24)22-8-6-21(7-9-22)11-15-12-26-14(2)20-15/h4-5,10,12,18H,6-9,11H2,1-3H3,(H,23,24). The second kappa shape index (κ2) is 8.16. The van der Waals surface area contributed by atoms with Crippen molar-refractivity contribution in [2.24, 2.45) is 0 Å². The number of carboxylic acid groups (broad SMARTS) is 1. The van der Waals surface area contributed by atoms with E-state index in [9.17, 15) is 9.90 Å². The fourth-order valence-corrected chi connectivity index (χ4v) is 4.05. The zero-order chi connectivity index (χ0) is 18.7. The highest BCUT2D eigenvalue weighted by molar-refractivity contribution is 7.09. The largest absolute Gasteiger partial charge is 0.496 e. The minimum Gasteiger partial charge on any atom is -0.496 e. The average molecular weight is 375 g/mol. The topological polar surface area (TPSA) is 65.9 Å². The molecule has 0 radical (unpaired) electrons. The van der Waals surface area contributed by atoms with Crippen LogP contribution in [0.25, 0.3) is 0 Å². The number of carbonyl (C=O) groups is 1. The van der Waals surface area contributed by atoms with Gasteiger partial charge in [0.15, 0.2) is 0 Å². The van der Waals surface area contributed by atoms with Crippen LogP contribution in [0.3, 0.4) is 0 Å². The zero-order valence-corrected chi connectivity index (χ0v) is 16.3. The molecule has 0 amide bonds. The molecule has 2 aromatic rings. The van der Waals surface area contributed by atoms with E-state index in [0.717, 1.165) is 41.5 Å². The minimum atomic E-state index is -0.836. The molecule has 1 unspecified atom stereocenters. The summed E-state index contributed by atoms with van der Waals surface area (Å²) in [4.78, 5) is 20.9. The first kappa shape index (κ1) is 18.8. The summed E-state index contributed by atoms with van der Waals surface area (Å²) in [7, 11) is 1.58. The number of carboxylic acids is 1. The zero-order valence-electron chi connectivity index (χ0n) is 15.4. The normalized spacial score (nSPS) is 17.2. The average Bonchev–Trinajstić information content (AvgIpc) is 3.01. The van der Waals surface area contributed by atoms with E-state index in [1.165, 1.54) is 0 Å². The maximum absolute atomic E-state index is 12.0. The van der Waals surface area contributed by atoms with E-state index >= 15 is 0 Å². The van der Waals surface area contributed by atoms with Crippen LogP contribution in [0.4, 0.5) is 0 Å². The summed E-state index contributed by atoms with van der Waals surface area (Å²) < 4.78 is 5.42. The molecule has 0 aliphatic carbocycles. The molecule has 0 spiro atoms. The number of hydrogen-bond donors (Lipinski definition) is 1. The Hall–Kier alpha value is -1.96. The van der Waals surface area contributed by atoms with E-state index in [1.807, 2.05) is 36.9 Å². The summed E-state index contributed by atoms with van der Waals surface area (Å²) in [5.74, 6) is -0.208. The van der Waals surface area contributed by atoms with Crippen molar-refractivity contribution in [3.8, 4) is 5.75 Å². The van der Waals surface area contributed by atoms with Gasteiger partial charge >= 0.3 is 5.97 Å². The van der Waals surface area contributed by atoms with Crippen LogP contribution in [0.15, 0.2) is 23.6 Å². The minimum absolute atomic E-state index is 0.628. The summed E-state index contributed by atoms with van der Waals surface area (Å²) in [5.41, 5.74) is 2.85. The number of ether oxygens (including phenoxy) is 1. The van der Waals surface area contributed by atoms with Crippen LogP contribution in [0.1, 0.15) is 27.9 Å². The number of aromatic nitrogens is 1. The van der Waals surface area contributed by atoms with Crippen molar-refractivity contribution in [3.63, 3.8) is 0 Å². The van der Waals surface area contributed by atoms with Gasteiger partial charge in [0, 0.05) is 43.7 Å². The van der Waals surface area contributed by atoms with Crippen molar-refractivity contribution in [2.75, 3.05) is 33.3 Å². The van der Waals surface area contributed by atoms with Crippen LogP contribution in [0.5, 0.6) is 5.75 Å². The van der Waals surface area contributed by atoms with Gasteiger partial charge in [-0.25, -0.2) is 4.98 Å². The molecule has 2 heterocycles. The summed E-state index contributed by atoms with van der Waals surface area (Å²) >= 11 is 1.67. The van der Waals surface area contributed by atoms with Crippen molar-refractivity contribution >= 4 is 17.3 Å². The fraction of sp³-hybridized carbons (Fsp3) is 0.474. The Morgan fingerprint density at radius 1 is 1.31 bits per heavy atom. The molecule has 140 valence electrons. The maximum Gasteiger partial charge on any atom is 0.325 e. The highest BCUT2D eigenvalue weighted by Gasteiger charge is 2.32. The number of methoxy groups -OCH3 is 1. The molecule has 1 fully saturated rings. The number of aliphatic carboxylic acids is 1. The predicted molar refractivity (Wildman–Crippen MR) is 102 cm³/mol. The lowest BCUT2D eigenvalue weighted by atomic mass is 10.0. The van der Waals surface area contributed by atoms with Gasteiger partial charge < -0.3 is 9.84 Å². The van der Waals surface area contributed by atoms with Crippen molar-refractivity contribution in [3.05, 3.63) is 45.4 Å². The molecule has 1 atom stereocenters. The first-order valence-electron chi connectivity index (χ1n) is 8.72. The maximum atomic E-state index is 12.0. The van der Waals surface area contributed by atoms with E-state index in [2.05, 4.69) is 15.3 Å². The lowest BCUT2D eigenvalue weighted by molar-refractivity contribution is -0.144. The van der Waals surface area contributed by atoms with Gasteiger partial charge in [-0.3, -0.25) is 14.6 Å². The molecule has 1 N–H and O–H groups in total. The van der Waals surface area contributed by atoms with E-state index in [1.54, 1.807) is 18.4 Å². The highest BCUT2D eigenvalue weighted by Crippen LogP contribution is 2.31. The lowest BCUT2D eigenvalue weighted by Crippen LogP contribution is -2.49. The SMILES string of the molecule is COc1ccc(C)cc1C(C(=O)O)N1CCN(Cc2csc(C)n2)CC1. The number of thiazole rings is 1. The van der Waals surface area contributed by atoms with Gasteiger partial charge in [0.05, 0.1) is 17.8 Å². The quantitative estimate of drug-likeness (QED) is 0.837. The number of hydrogen-bond acceptors (Lipinski definition) is 6. The molecule has 6 nitrogen and oxygen atoms in total. The smallest absolute Gasteiger partial charge is 0.325 e. The molecular formula is C19H25N3O3S. The predicted octanol–water partition coefficient (Wildman–Crippen LogP) is 2.71. The monoisotopic (exact) mass is 375 g/mol. The van der Waals surface area contributed by atoms with Crippen LogP contribution in [-0.2, 0) is 11.3 Å². The van der Waals surface area contributed by atoms with Crippen LogP contribution < -0.4 is 4.74 Å². The van der Waals surface area contributed by atoms with Gasteiger partial charge in [-0.15, -0.1) is 11.3 Å². The van der Waals surface area contributed by atoms with E-state index in [0.29, 0.717) is 18.8 Å². The molecule has 1 saturated heterocycles. The fourth-order valence-electron chi connectivity index (χ4n) is 3.44. The molecule has 0 saturated carbocycles. The number of benzene rings is 1. The summed E-state index contributed by atoms with van der Waals surface area (Å²) in [5, 5.41) is 13.1. The summed E-state index contributed by atoms with van der Waals surface area (Å²) in [6.07, 6.45) is 0. The van der Waals surface area contributed by atoms with Crippen molar-refractivity contribution in [1.29, 1.82) is 0 Å². The molecule has 1 aliphatic heterocycles. The highest BCUT2D eigenvalue weighted by atomic mass is 32.1. The molecule has 1 aromatic carbocycles. The Kier molecular flexibility index (Phi) is 5.90. The van der Waals surface area contributed by atoms with Crippen LogP contribution in [0.2, 0.25) is 0 Å². The lowest BCUT2D eigenvalue weighted by Gasteiger charge is -2.38. The Balaban J connectivity index is 1.71. The Labute approximate surface area is 158 Å². The molecular weight excluding hydrogens is 350 g/mol. The van der Waals surface area contributed by atoms with Gasteiger partial charge in [-0.05, 0) is 19.9 Å². The molecule has 1 aromatic heterocycles. The van der Waals surface area contributed by atoms with Gasteiger partial charge in [0.25, 0.3) is 0 Å². The van der Waals surface area contributed by atoms with Gasteiger partial charge in [0.1, 0.15) is 11.8 Å². The van der Waals surface area contributed by atoms with Crippen molar-refractivity contribution in [1.82, 2.24) is 14.8 Å². The molecule has 1 aliphatic rings. The third kappa shape index (κ3) is 4.23. The van der Waals surface area contributed by atoms with Gasteiger partial charge in [-0.1, -0.05) is 17.7 Å². The second-order valence-electron chi connectivity index (χ2n) is 6.66. The molecule has 0 bridgehead atoms. The Morgan fingerprint density at radius 2 is 2.04 bits per heavy atom. The second-order valence-corrected chi connectivity index (χ2v) is 7.72. The number of piperazine rings is 1. The first-order valence-corrected chi connectivity index (χ1v) is 9.60. The molecule has 3 rings (SSSR count). The van der Waals surface area contributed by atoms with Crippen LogP contribution in [0, 0.1) is 13.8 Å². The summed E-state index contributed by atoms with van der Waals surface area (Å²) in [6, 6.07) is 5.02. The van der Waals surface area contributed by atoms with Gasteiger partial charge in [0.2, 0.25) is 0 Å². The Bertz CT molecular complexity index is 769. The number of nitrogens with zero attached hydrogens (tertiary/aromatic N) is 3. The van der Waals surface area contributed by atoms with Crippen molar-refractivity contribution < 1.29 is 14.6 Å². The third-order valence-corrected chi connectivity index (χ3v) is 5.56. The van der Waals surface area contributed by atoms with E-state index < -0.39 is 12.0 Å². The third-order valence-electron chi connectivity index (χ3n) is 4.74. The molecule has 26 heavy (non-hydrogen) atoms. The van der Waals surface area contributed by atoms with Crippen LogP contribution in [-0.4, -0.2) is 59.1 Å². The summed E-state index contributed by atoms with van der Waals surface area (Å²) in [6.45, 7) is 7.87. The first-order chi connectivity index (χ1) is 12.5. The number of rotatable bonds is 6. The van der Waals surface area contributed by atoms with Crippen LogP contribution >= 0.6 is 11.3 Å². The van der Waals surface area contributed by atoms with E-state index in [4.69, 9.17) is 4.74 Å². The van der Waals surface area contributed by atoms with E-state index in [-0.39, 0.29) is 0 Å². The molecule has 7 heteroatoms. The number of aryl methyl sites for hydroxylation is 2. The van der Waals surface area contributed by atoms with Crippen molar-refractivity contribution in [2.45, 2.75) is 26.4 Å². The Morgan fingerprint density at radius 3 is 2.62 bits per heavy atom. The van der Waals surface area contributed by atoms with Gasteiger partial charge in [-0.2, -0.15) is 0 Å².